The lowest BCUT2D eigenvalue weighted by molar-refractivity contribution is -0.122. The number of carbonyl (C=O) groups excluding carboxylic acids is 2. The first-order chi connectivity index (χ1) is 14.9. The third-order valence-electron chi connectivity index (χ3n) is 4.32. The van der Waals surface area contributed by atoms with Gasteiger partial charge < -0.3 is 15.2 Å². The van der Waals surface area contributed by atoms with Gasteiger partial charge in [0.15, 0.2) is 0 Å². The van der Waals surface area contributed by atoms with Crippen LogP contribution in [0.15, 0.2) is 53.4 Å². The van der Waals surface area contributed by atoms with Crippen LogP contribution in [-0.4, -0.2) is 45.3 Å². The van der Waals surface area contributed by atoms with Crippen molar-refractivity contribution in [3.63, 3.8) is 0 Å². The van der Waals surface area contributed by atoms with Crippen LogP contribution >= 0.6 is 24.0 Å². The first-order valence-electron chi connectivity index (χ1n) is 9.49. The Kier molecular flexibility index (Phi) is 7.43. The highest BCUT2D eigenvalue weighted by atomic mass is 32.2. The predicted octanol–water partition coefficient (Wildman–Crippen LogP) is 4.01. The first-order valence-corrected chi connectivity index (χ1v) is 10.7. The van der Waals surface area contributed by atoms with E-state index in [0.29, 0.717) is 21.5 Å². The number of nitrogens with zero attached hydrogens (tertiary/aromatic N) is 1. The molecule has 0 radical (unpaired) electrons. The van der Waals surface area contributed by atoms with Crippen molar-refractivity contribution in [1.82, 2.24) is 4.90 Å². The van der Waals surface area contributed by atoms with E-state index in [1.807, 2.05) is 31.2 Å². The molecule has 1 heterocycles. The highest BCUT2D eigenvalue weighted by Crippen LogP contribution is 2.32. The van der Waals surface area contributed by atoms with Crippen molar-refractivity contribution >= 4 is 57.8 Å². The fourth-order valence-corrected chi connectivity index (χ4v) is 4.15. The number of thiocarbonyl (C=S) groups is 1. The SMILES string of the molecule is CCOc1ccc(/C=C2/SC(=S)N(CCC(=O)Nc3cccc(C(=O)O)c3)C2=O)cc1. The van der Waals surface area contributed by atoms with Gasteiger partial charge in [0.25, 0.3) is 5.91 Å². The molecule has 1 aliphatic rings. The average molecular weight is 457 g/mol. The van der Waals surface area contributed by atoms with E-state index in [1.165, 1.54) is 28.8 Å². The van der Waals surface area contributed by atoms with Gasteiger partial charge in [0.2, 0.25) is 5.91 Å². The molecule has 1 fully saturated rings. The van der Waals surface area contributed by atoms with E-state index < -0.39 is 5.97 Å². The number of hydrogen-bond donors (Lipinski definition) is 2. The molecule has 2 N–H and O–H groups in total. The van der Waals surface area contributed by atoms with Crippen molar-refractivity contribution < 1.29 is 24.2 Å². The summed E-state index contributed by atoms with van der Waals surface area (Å²) in [5.41, 5.74) is 1.31. The van der Waals surface area contributed by atoms with Crippen LogP contribution in [0.1, 0.15) is 29.3 Å². The number of carboxylic acid groups (broad SMARTS) is 1. The van der Waals surface area contributed by atoms with Crippen LogP contribution < -0.4 is 10.1 Å². The number of amides is 2. The van der Waals surface area contributed by atoms with Gasteiger partial charge >= 0.3 is 5.97 Å². The Bertz CT molecular complexity index is 1050. The number of carboxylic acids is 1. The largest absolute Gasteiger partial charge is 0.494 e. The molecule has 2 amide bonds. The lowest BCUT2D eigenvalue weighted by Gasteiger charge is -2.14. The third kappa shape index (κ3) is 5.93. The summed E-state index contributed by atoms with van der Waals surface area (Å²) >= 11 is 6.50. The van der Waals surface area contributed by atoms with Gasteiger partial charge in [-0.3, -0.25) is 14.5 Å². The number of carbonyl (C=O) groups is 3. The zero-order valence-electron chi connectivity index (χ0n) is 16.7. The maximum Gasteiger partial charge on any atom is 0.335 e. The summed E-state index contributed by atoms with van der Waals surface area (Å²) < 4.78 is 5.80. The van der Waals surface area contributed by atoms with E-state index in [9.17, 15) is 14.4 Å². The Morgan fingerprint density at radius 3 is 2.65 bits per heavy atom. The second-order valence-corrected chi connectivity index (χ2v) is 8.20. The minimum atomic E-state index is -1.08. The van der Waals surface area contributed by atoms with Crippen molar-refractivity contribution in [2.45, 2.75) is 13.3 Å². The van der Waals surface area contributed by atoms with E-state index in [2.05, 4.69) is 5.32 Å². The Morgan fingerprint density at radius 1 is 1.23 bits per heavy atom. The molecule has 0 saturated carbocycles. The Balaban J connectivity index is 1.59. The summed E-state index contributed by atoms with van der Waals surface area (Å²) in [5.74, 6) is -0.906. The zero-order chi connectivity index (χ0) is 22.4. The minimum Gasteiger partial charge on any atom is -0.494 e. The quantitative estimate of drug-likeness (QED) is 0.458. The average Bonchev–Trinajstić information content (AvgIpc) is 3.01. The van der Waals surface area contributed by atoms with Gasteiger partial charge in [0.05, 0.1) is 17.1 Å². The topological polar surface area (TPSA) is 95.9 Å². The van der Waals surface area contributed by atoms with Gasteiger partial charge in [-0.1, -0.05) is 42.2 Å². The molecule has 0 aromatic heterocycles. The van der Waals surface area contributed by atoms with E-state index >= 15 is 0 Å². The van der Waals surface area contributed by atoms with Gasteiger partial charge in [-0.15, -0.1) is 0 Å². The fourth-order valence-electron chi connectivity index (χ4n) is 2.84. The fraction of sp³-hybridized carbons (Fsp3) is 0.182. The third-order valence-corrected chi connectivity index (χ3v) is 5.70. The Morgan fingerprint density at radius 2 is 1.97 bits per heavy atom. The number of aromatic carboxylic acids is 1. The van der Waals surface area contributed by atoms with Crippen LogP contribution in [0.5, 0.6) is 5.75 Å². The lowest BCUT2D eigenvalue weighted by Crippen LogP contribution is -2.31. The number of anilines is 1. The van der Waals surface area contributed by atoms with Gasteiger partial charge in [0, 0.05) is 18.7 Å². The number of ether oxygens (including phenoxy) is 1. The van der Waals surface area contributed by atoms with Crippen molar-refractivity contribution in [1.29, 1.82) is 0 Å². The molecule has 0 aliphatic carbocycles. The molecular weight excluding hydrogens is 436 g/mol. The van der Waals surface area contributed by atoms with E-state index in [4.69, 9.17) is 22.1 Å². The maximum atomic E-state index is 12.7. The molecule has 7 nitrogen and oxygen atoms in total. The maximum absolute atomic E-state index is 12.7. The normalized spacial score (nSPS) is 14.7. The van der Waals surface area contributed by atoms with E-state index in [0.717, 1.165) is 11.3 Å². The summed E-state index contributed by atoms with van der Waals surface area (Å²) in [6.45, 7) is 2.62. The lowest BCUT2D eigenvalue weighted by atomic mass is 10.2. The van der Waals surface area contributed by atoms with Crippen LogP contribution in [0, 0.1) is 0 Å². The predicted molar refractivity (Wildman–Crippen MR) is 124 cm³/mol. The second kappa shape index (κ2) is 10.2. The molecule has 9 heteroatoms. The van der Waals surface area contributed by atoms with Crippen molar-refractivity contribution in [3.8, 4) is 5.75 Å². The Hall–Kier alpha value is -3.17. The number of thioether (sulfide) groups is 1. The van der Waals surface area contributed by atoms with Gasteiger partial charge in [0.1, 0.15) is 10.1 Å². The van der Waals surface area contributed by atoms with Gasteiger partial charge in [-0.2, -0.15) is 0 Å². The number of nitrogens with one attached hydrogen (secondary N) is 1. The summed E-state index contributed by atoms with van der Waals surface area (Å²) in [6, 6.07) is 13.3. The second-order valence-electron chi connectivity index (χ2n) is 6.52. The highest BCUT2D eigenvalue weighted by Gasteiger charge is 2.32. The number of hydrogen-bond acceptors (Lipinski definition) is 6. The molecule has 0 unspecified atom stereocenters. The first kappa shape index (κ1) is 22.5. The smallest absolute Gasteiger partial charge is 0.335 e. The van der Waals surface area contributed by atoms with Crippen LogP contribution in [0.25, 0.3) is 6.08 Å². The zero-order valence-corrected chi connectivity index (χ0v) is 18.3. The minimum absolute atomic E-state index is 0.0278. The van der Waals surface area contributed by atoms with Gasteiger partial charge in [-0.25, -0.2) is 4.79 Å². The molecule has 1 aliphatic heterocycles. The molecule has 2 aromatic carbocycles. The van der Waals surface area contributed by atoms with Crippen LogP contribution in [0.2, 0.25) is 0 Å². The molecule has 2 aromatic rings. The molecule has 0 bridgehead atoms. The molecule has 0 spiro atoms. The van der Waals surface area contributed by atoms with Crippen LogP contribution in [-0.2, 0) is 9.59 Å². The summed E-state index contributed by atoms with van der Waals surface area (Å²) in [4.78, 5) is 37.9. The van der Waals surface area contributed by atoms with E-state index in [1.54, 1.807) is 18.2 Å². The molecule has 0 atom stereocenters. The summed E-state index contributed by atoms with van der Waals surface area (Å²) in [5, 5.41) is 11.7. The summed E-state index contributed by atoms with van der Waals surface area (Å²) in [6.07, 6.45) is 1.78. The van der Waals surface area contributed by atoms with Gasteiger partial charge in [-0.05, 0) is 48.9 Å². The van der Waals surface area contributed by atoms with Crippen LogP contribution in [0.4, 0.5) is 5.69 Å². The van der Waals surface area contributed by atoms with Crippen molar-refractivity contribution in [3.05, 3.63) is 64.6 Å². The molecule has 3 rings (SSSR count). The van der Waals surface area contributed by atoms with Crippen molar-refractivity contribution in [2.24, 2.45) is 0 Å². The number of benzene rings is 2. The summed E-state index contributed by atoms with van der Waals surface area (Å²) in [7, 11) is 0. The Labute approximate surface area is 189 Å². The van der Waals surface area contributed by atoms with Crippen molar-refractivity contribution in [2.75, 3.05) is 18.5 Å². The number of rotatable bonds is 8. The van der Waals surface area contributed by atoms with Crippen LogP contribution in [0.3, 0.4) is 0 Å². The highest BCUT2D eigenvalue weighted by molar-refractivity contribution is 8.26. The van der Waals surface area contributed by atoms with E-state index in [-0.39, 0.29) is 30.3 Å². The molecule has 31 heavy (non-hydrogen) atoms. The monoisotopic (exact) mass is 456 g/mol. The molecule has 160 valence electrons. The molecular formula is C22H20N2O5S2. The molecule has 1 saturated heterocycles. The standard InChI is InChI=1S/C22H20N2O5S2/c1-2-29-17-8-6-14(7-9-17)12-18-20(26)24(22(30)31-18)11-10-19(25)23-16-5-3-4-15(13-16)21(27)28/h3-9,12-13H,2,10-11H2,1H3,(H,23,25)(H,27,28)/b18-12+.